The van der Waals surface area contributed by atoms with Gasteiger partial charge >= 0.3 is 6.03 Å². The van der Waals surface area contributed by atoms with Crippen molar-refractivity contribution in [1.82, 2.24) is 10.2 Å². The molecule has 1 fully saturated rings. The maximum absolute atomic E-state index is 12.0. The Kier molecular flexibility index (Phi) is 6.38. The minimum Gasteiger partial charge on any atom is -0.335 e. The van der Waals surface area contributed by atoms with E-state index in [9.17, 15) is 4.79 Å². The van der Waals surface area contributed by atoms with Gasteiger partial charge in [0.15, 0.2) is 0 Å². The Balaban J connectivity index is 2.43. The van der Waals surface area contributed by atoms with Crippen LogP contribution in [-0.2, 0) is 0 Å². The number of hydrogen-bond donors (Lipinski definition) is 1. The normalized spacial score (nSPS) is 24.4. The van der Waals surface area contributed by atoms with Crippen molar-refractivity contribution in [2.24, 2.45) is 5.92 Å². The van der Waals surface area contributed by atoms with Gasteiger partial charge in [-0.05, 0) is 31.6 Å². The molecule has 1 rings (SSSR count). The van der Waals surface area contributed by atoms with Gasteiger partial charge in [-0.3, -0.25) is 0 Å². The molecule has 0 unspecified atom stereocenters. The van der Waals surface area contributed by atoms with Crippen molar-refractivity contribution >= 4 is 6.03 Å². The van der Waals surface area contributed by atoms with Crippen LogP contribution in [0.5, 0.6) is 0 Å². The van der Waals surface area contributed by atoms with Crippen LogP contribution in [0.25, 0.3) is 0 Å². The van der Waals surface area contributed by atoms with Crippen molar-refractivity contribution in [2.45, 2.75) is 64.8 Å². The molecule has 2 atom stereocenters. The average Bonchev–Trinajstić information content (AvgIpc) is 2.32. The molecule has 3 nitrogen and oxygen atoms in total. The largest absolute Gasteiger partial charge is 0.335 e. The van der Waals surface area contributed by atoms with Gasteiger partial charge in [0.1, 0.15) is 0 Å². The zero-order valence-corrected chi connectivity index (χ0v) is 11.7. The van der Waals surface area contributed by atoms with Crippen LogP contribution < -0.4 is 5.32 Å². The predicted molar refractivity (Wildman–Crippen MR) is 72.1 cm³/mol. The lowest BCUT2D eigenvalue weighted by Gasteiger charge is -2.33. The fourth-order valence-electron chi connectivity index (χ4n) is 2.82. The van der Waals surface area contributed by atoms with Crippen molar-refractivity contribution in [3.8, 4) is 0 Å². The van der Waals surface area contributed by atoms with E-state index in [4.69, 9.17) is 0 Å². The highest BCUT2D eigenvalue weighted by Gasteiger charge is 2.26. The third-order valence-electron chi connectivity index (χ3n) is 3.78. The fraction of sp³-hybridized carbons (Fsp3) is 0.929. The quantitative estimate of drug-likeness (QED) is 0.785. The smallest absolute Gasteiger partial charge is 0.317 e. The molecule has 100 valence electrons. The summed E-state index contributed by atoms with van der Waals surface area (Å²) in [4.78, 5) is 13.8. The zero-order valence-electron chi connectivity index (χ0n) is 11.7. The van der Waals surface area contributed by atoms with Crippen molar-refractivity contribution in [1.29, 1.82) is 0 Å². The summed E-state index contributed by atoms with van der Waals surface area (Å²) < 4.78 is 0. The Labute approximate surface area is 106 Å². The Morgan fingerprint density at radius 2 is 1.94 bits per heavy atom. The van der Waals surface area contributed by atoms with Crippen LogP contribution in [-0.4, -0.2) is 30.6 Å². The summed E-state index contributed by atoms with van der Waals surface area (Å²) in [7, 11) is 1.89. The van der Waals surface area contributed by atoms with E-state index in [0.717, 1.165) is 19.4 Å². The minimum atomic E-state index is 0.111. The van der Waals surface area contributed by atoms with Gasteiger partial charge in [-0.2, -0.15) is 0 Å². The highest BCUT2D eigenvalue weighted by atomic mass is 16.2. The van der Waals surface area contributed by atoms with Crippen molar-refractivity contribution in [3.05, 3.63) is 0 Å². The molecule has 0 bridgehead atoms. The minimum absolute atomic E-state index is 0.111. The summed E-state index contributed by atoms with van der Waals surface area (Å²) in [5.74, 6) is 0.702. The molecule has 17 heavy (non-hydrogen) atoms. The Hall–Kier alpha value is -0.730. The highest BCUT2D eigenvalue weighted by molar-refractivity contribution is 5.74. The van der Waals surface area contributed by atoms with E-state index < -0.39 is 0 Å². The van der Waals surface area contributed by atoms with Crippen LogP contribution in [0, 0.1) is 5.92 Å². The maximum atomic E-state index is 12.0. The summed E-state index contributed by atoms with van der Waals surface area (Å²) >= 11 is 0. The summed E-state index contributed by atoms with van der Waals surface area (Å²) in [6, 6.07) is 0.523. The average molecular weight is 240 g/mol. The van der Waals surface area contributed by atoms with Crippen LogP contribution in [0.15, 0.2) is 0 Å². The molecule has 0 saturated heterocycles. The third kappa shape index (κ3) is 4.57. The van der Waals surface area contributed by atoms with Gasteiger partial charge in [-0.1, -0.05) is 33.1 Å². The molecule has 0 radical (unpaired) electrons. The molecule has 0 aromatic heterocycles. The molecule has 0 aliphatic heterocycles. The van der Waals surface area contributed by atoms with Gasteiger partial charge in [-0.15, -0.1) is 0 Å². The third-order valence-corrected chi connectivity index (χ3v) is 3.78. The Morgan fingerprint density at radius 1 is 1.24 bits per heavy atom. The Morgan fingerprint density at radius 3 is 2.59 bits per heavy atom. The first-order chi connectivity index (χ1) is 8.19. The van der Waals surface area contributed by atoms with Crippen molar-refractivity contribution < 1.29 is 4.79 Å². The van der Waals surface area contributed by atoms with E-state index in [2.05, 4.69) is 19.2 Å². The van der Waals surface area contributed by atoms with E-state index in [0.29, 0.717) is 12.0 Å². The number of carbonyl (C=O) groups excluding carboxylic acids is 1. The number of carbonyl (C=O) groups is 1. The van der Waals surface area contributed by atoms with E-state index >= 15 is 0 Å². The molecular weight excluding hydrogens is 212 g/mol. The van der Waals surface area contributed by atoms with Crippen LogP contribution in [0.3, 0.4) is 0 Å². The first kappa shape index (κ1) is 14.3. The number of urea groups is 1. The summed E-state index contributed by atoms with van der Waals surface area (Å²) in [5, 5.41) is 3.23. The lowest BCUT2D eigenvalue weighted by molar-refractivity contribution is 0.186. The number of rotatable bonds is 5. The van der Waals surface area contributed by atoms with Gasteiger partial charge in [0.2, 0.25) is 0 Å². The number of hydrogen-bond acceptors (Lipinski definition) is 1. The van der Waals surface area contributed by atoms with Gasteiger partial charge in [0, 0.05) is 19.6 Å². The van der Waals surface area contributed by atoms with Gasteiger partial charge in [-0.25, -0.2) is 4.79 Å². The molecule has 1 aliphatic carbocycles. The molecule has 0 aromatic carbocycles. The summed E-state index contributed by atoms with van der Waals surface area (Å²) in [6.45, 7) is 5.18. The second kappa shape index (κ2) is 7.57. The summed E-state index contributed by atoms with van der Waals surface area (Å²) in [5.41, 5.74) is 0. The molecule has 1 aliphatic rings. The van der Waals surface area contributed by atoms with E-state index in [1.54, 1.807) is 4.90 Å². The zero-order chi connectivity index (χ0) is 12.7. The SMILES string of the molecule is CCC[C@@H]1CCCC[C@@H]1NC(=O)N(C)CCC. The van der Waals surface area contributed by atoms with Crippen LogP contribution in [0.2, 0.25) is 0 Å². The number of nitrogens with zero attached hydrogens (tertiary/aromatic N) is 1. The summed E-state index contributed by atoms with van der Waals surface area (Å²) in [6.07, 6.45) is 8.55. The van der Waals surface area contributed by atoms with Crippen LogP contribution >= 0.6 is 0 Å². The first-order valence-electron chi connectivity index (χ1n) is 7.20. The Bertz CT molecular complexity index is 228. The van der Waals surface area contributed by atoms with E-state index in [1.165, 1.54) is 32.1 Å². The lowest BCUT2D eigenvalue weighted by atomic mass is 9.82. The number of amides is 2. The highest BCUT2D eigenvalue weighted by Crippen LogP contribution is 2.28. The lowest BCUT2D eigenvalue weighted by Crippen LogP contribution is -2.47. The molecule has 2 amide bonds. The molecular formula is C14H28N2O. The number of nitrogens with one attached hydrogen (secondary N) is 1. The molecule has 0 heterocycles. The van der Waals surface area contributed by atoms with Crippen molar-refractivity contribution in [3.63, 3.8) is 0 Å². The van der Waals surface area contributed by atoms with Crippen LogP contribution in [0.4, 0.5) is 4.79 Å². The molecule has 0 spiro atoms. The van der Waals surface area contributed by atoms with E-state index in [1.807, 2.05) is 7.05 Å². The second-order valence-corrected chi connectivity index (χ2v) is 5.31. The first-order valence-corrected chi connectivity index (χ1v) is 7.20. The molecule has 1 N–H and O–H groups in total. The topological polar surface area (TPSA) is 32.3 Å². The van der Waals surface area contributed by atoms with E-state index in [-0.39, 0.29) is 6.03 Å². The standard InChI is InChI=1S/C14H28N2O/c1-4-8-12-9-6-7-10-13(12)15-14(17)16(3)11-5-2/h12-13H,4-11H2,1-3H3,(H,15,17)/t12-,13+/m1/s1. The van der Waals surface area contributed by atoms with Gasteiger partial charge < -0.3 is 10.2 Å². The molecule has 3 heteroatoms. The molecule has 0 aromatic rings. The van der Waals surface area contributed by atoms with Gasteiger partial charge in [0.05, 0.1) is 0 Å². The van der Waals surface area contributed by atoms with Crippen molar-refractivity contribution in [2.75, 3.05) is 13.6 Å². The second-order valence-electron chi connectivity index (χ2n) is 5.31. The monoisotopic (exact) mass is 240 g/mol. The fourth-order valence-corrected chi connectivity index (χ4v) is 2.82. The van der Waals surface area contributed by atoms with Crippen LogP contribution in [0.1, 0.15) is 58.8 Å². The molecule has 1 saturated carbocycles. The van der Waals surface area contributed by atoms with Gasteiger partial charge in [0.25, 0.3) is 0 Å². The maximum Gasteiger partial charge on any atom is 0.317 e. The predicted octanol–water partition coefficient (Wildman–Crippen LogP) is 3.40.